The summed E-state index contributed by atoms with van der Waals surface area (Å²) >= 11 is 5.98. The maximum Gasteiger partial charge on any atom is 0.265 e. The Morgan fingerprint density at radius 2 is 1.65 bits per heavy atom. The molecule has 0 unspecified atom stereocenters. The van der Waals surface area contributed by atoms with Crippen LogP contribution in [0.5, 0.6) is 5.75 Å². The first-order valence-electron chi connectivity index (χ1n) is 10.7. The Morgan fingerprint density at radius 1 is 0.941 bits per heavy atom. The number of fused-ring (bicyclic) bond motifs is 1. The van der Waals surface area contributed by atoms with E-state index in [1.807, 2.05) is 37.3 Å². The number of benzene rings is 4. The van der Waals surface area contributed by atoms with Gasteiger partial charge in [-0.1, -0.05) is 61.0 Å². The van der Waals surface area contributed by atoms with Crippen molar-refractivity contribution in [1.82, 2.24) is 0 Å². The van der Waals surface area contributed by atoms with Gasteiger partial charge in [-0.25, -0.2) is 8.42 Å². The molecule has 0 aromatic heterocycles. The van der Waals surface area contributed by atoms with E-state index < -0.39 is 16.1 Å². The summed E-state index contributed by atoms with van der Waals surface area (Å²) in [5, 5.41) is 5.03. The van der Waals surface area contributed by atoms with Gasteiger partial charge in [-0.05, 0) is 60.3 Å². The predicted octanol–water partition coefficient (Wildman–Crippen LogP) is 6.09. The van der Waals surface area contributed by atoms with Crippen LogP contribution in [0.4, 0.5) is 11.4 Å². The number of sulfonamides is 1. The summed E-state index contributed by atoms with van der Waals surface area (Å²) in [6, 6.07) is 25.8. The number of carbonyl (C=O) groups is 1. The van der Waals surface area contributed by atoms with Gasteiger partial charge < -0.3 is 10.1 Å². The van der Waals surface area contributed by atoms with Crippen LogP contribution in [-0.4, -0.2) is 20.4 Å². The molecule has 0 spiro atoms. The van der Waals surface area contributed by atoms with Gasteiger partial charge in [0.25, 0.3) is 15.9 Å². The summed E-state index contributed by atoms with van der Waals surface area (Å²) in [6.07, 6.45) is -0.283. The molecule has 4 rings (SSSR count). The molecular formula is C26H23ClN2O4S. The first kappa shape index (κ1) is 23.6. The van der Waals surface area contributed by atoms with Crippen LogP contribution < -0.4 is 14.8 Å². The number of rotatable bonds is 8. The highest BCUT2D eigenvalue weighted by Crippen LogP contribution is 2.26. The molecule has 0 heterocycles. The Kier molecular flexibility index (Phi) is 7.05. The number of ether oxygens (including phenoxy) is 1. The third-order valence-corrected chi connectivity index (χ3v) is 6.82. The Morgan fingerprint density at radius 3 is 2.38 bits per heavy atom. The van der Waals surface area contributed by atoms with Crippen molar-refractivity contribution < 1.29 is 17.9 Å². The normalized spacial score (nSPS) is 12.2. The molecule has 0 aliphatic rings. The van der Waals surface area contributed by atoms with Crippen LogP contribution in [-0.2, 0) is 14.8 Å². The number of halogens is 1. The highest BCUT2D eigenvalue weighted by molar-refractivity contribution is 7.92. The Bertz CT molecular complexity index is 1420. The van der Waals surface area contributed by atoms with Crippen molar-refractivity contribution in [3.05, 3.63) is 96.0 Å². The minimum atomic E-state index is -3.82. The third-order valence-electron chi connectivity index (χ3n) is 5.20. The van der Waals surface area contributed by atoms with E-state index in [1.165, 1.54) is 12.1 Å². The lowest BCUT2D eigenvalue weighted by Crippen LogP contribution is -2.32. The average molecular weight is 495 g/mol. The lowest BCUT2D eigenvalue weighted by Gasteiger charge is -2.17. The van der Waals surface area contributed by atoms with Gasteiger partial charge in [0.2, 0.25) is 0 Å². The van der Waals surface area contributed by atoms with E-state index in [-0.39, 0.29) is 10.8 Å². The second-order valence-corrected chi connectivity index (χ2v) is 9.74. The second kappa shape index (κ2) is 10.2. The fourth-order valence-corrected chi connectivity index (χ4v) is 4.75. The van der Waals surface area contributed by atoms with Gasteiger partial charge in [-0.3, -0.25) is 9.52 Å². The van der Waals surface area contributed by atoms with Crippen molar-refractivity contribution in [2.24, 2.45) is 0 Å². The lowest BCUT2D eigenvalue weighted by molar-refractivity contribution is -0.122. The average Bonchev–Trinajstić information content (AvgIpc) is 2.83. The summed E-state index contributed by atoms with van der Waals surface area (Å²) in [5.74, 6) is 0.155. The standard InChI is InChI=1S/C26H23ClN2O4S/c1-2-25(33-21-10-6-9-19(27)17-21)26(30)28-20-13-15-22(16-14-20)34(31,32)29-24-12-5-8-18-7-3-4-11-23(18)24/h3-17,25,29H,2H2,1H3,(H,28,30)/t25-/m0/s1. The molecular weight excluding hydrogens is 472 g/mol. The van der Waals surface area contributed by atoms with Gasteiger partial charge in [0.05, 0.1) is 10.6 Å². The highest BCUT2D eigenvalue weighted by Gasteiger charge is 2.20. The van der Waals surface area contributed by atoms with Crippen LogP contribution in [0.25, 0.3) is 10.8 Å². The molecule has 1 amide bonds. The smallest absolute Gasteiger partial charge is 0.265 e. The summed E-state index contributed by atoms with van der Waals surface area (Å²) in [5.41, 5.74) is 0.960. The first-order valence-corrected chi connectivity index (χ1v) is 12.6. The van der Waals surface area contributed by atoms with E-state index in [2.05, 4.69) is 10.0 Å². The Balaban J connectivity index is 1.46. The Labute approximate surface area is 203 Å². The van der Waals surface area contributed by atoms with Crippen molar-refractivity contribution in [3.8, 4) is 5.75 Å². The van der Waals surface area contributed by atoms with Crippen molar-refractivity contribution in [3.63, 3.8) is 0 Å². The fraction of sp³-hybridized carbons (Fsp3) is 0.115. The molecule has 1 atom stereocenters. The number of carbonyl (C=O) groups excluding carboxylic acids is 1. The van der Waals surface area contributed by atoms with Crippen LogP contribution in [0.15, 0.2) is 95.9 Å². The van der Waals surface area contributed by atoms with Gasteiger partial charge in [0.15, 0.2) is 6.10 Å². The SMILES string of the molecule is CC[C@H](Oc1cccc(Cl)c1)C(=O)Nc1ccc(S(=O)(=O)Nc2cccc3ccccc23)cc1. The van der Waals surface area contributed by atoms with Gasteiger partial charge >= 0.3 is 0 Å². The van der Waals surface area contributed by atoms with Gasteiger partial charge in [0, 0.05) is 16.1 Å². The molecule has 0 aliphatic heterocycles. The van der Waals surface area contributed by atoms with E-state index in [1.54, 1.807) is 48.5 Å². The monoisotopic (exact) mass is 494 g/mol. The van der Waals surface area contributed by atoms with Crippen molar-refractivity contribution in [2.75, 3.05) is 10.0 Å². The van der Waals surface area contributed by atoms with Crippen LogP contribution in [0.2, 0.25) is 5.02 Å². The predicted molar refractivity (Wildman–Crippen MR) is 136 cm³/mol. The molecule has 6 nitrogen and oxygen atoms in total. The maximum atomic E-state index is 12.9. The molecule has 8 heteroatoms. The van der Waals surface area contributed by atoms with Crippen LogP contribution in [0.3, 0.4) is 0 Å². The zero-order chi connectivity index (χ0) is 24.1. The minimum absolute atomic E-state index is 0.0839. The molecule has 2 N–H and O–H groups in total. The summed E-state index contributed by atoms with van der Waals surface area (Å²) in [7, 11) is -3.82. The zero-order valence-corrected chi connectivity index (χ0v) is 19.9. The maximum absolute atomic E-state index is 12.9. The first-order chi connectivity index (χ1) is 16.4. The quantitative estimate of drug-likeness (QED) is 0.310. The van der Waals surface area contributed by atoms with E-state index in [0.29, 0.717) is 28.6 Å². The highest BCUT2D eigenvalue weighted by atomic mass is 35.5. The molecule has 34 heavy (non-hydrogen) atoms. The summed E-state index contributed by atoms with van der Waals surface area (Å²) < 4.78 is 34.3. The fourth-order valence-electron chi connectivity index (χ4n) is 3.49. The van der Waals surface area contributed by atoms with E-state index in [9.17, 15) is 13.2 Å². The van der Waals surface area contributed by atoms with Crippen molar-refractivity contribution >= 4 is 49.7 Å². The van der Waals surface area contributed by atoms with Crippen molar-refractivity contribution in [1.29, 1.82) is 0 Å². The van der Waals surface area contributed by atoms with Crippen LogP contribution in [0, 0.1) is 0 Å². The number of hydrogen-bond donors (Lipinski definition) is 2. The molecule has 0 saturated carbocycles. The number of anilines is 2. The Hall–Kier alpha value is -3.55. The van der Waals surface area contributed by atoms with Gasteiger partial charge in [-0.15, -0.1) is 0 Å². The second-order valence-electron chi connectivity index (χ2n) is 7.62. The van der Waals surface area contributed by atoms with Crippen molar-refractivity contribution in [2.45, 2.75) is 24.3 Å². The number of nitrogens with one attached hydrogen (secondary N) is 2. The third kappa shape index (κ3) is 5.50. The molecule has 0 bridgehead atoms. The largest absolute Gasteiger partial charge is 0.481 e. The zero-order valence-electron chi connectivity index (χ0n) is 18.4. The topological polar surface area (TPSA) is 84.5 Å². The minimum Gasteiger partial charge on any atom is -0.481 e. The number of hydrogen-bond acceptors (Lipinski definition) is 4. The van der Waals surface area contributed by atoms with E-state index in [0.717, 1.165) is 10.8 Å². The molecule has 0 radical (unpaired) electrons. The molecule has 0 fully saturated rings. The molecule has 4 aromatic rings. The lowest BCUT2D eigenvalue weighted by atomic mass is 10.1. The summed E-state index contributed by atoms with van der Waals surface area (Å²) in [4.78, 5) is 12.8. The molecule has 174 valence electrons. The van der Waals surface area contributed by atoms with E-state index in [4.69, 9.17) is 16.3 Å². The van der Waals surface area contributed by atoms with Crippen LogP contribution >= 0.6 is 11.6 Å². The van der Waals surface area contributed by atoms with Gasteiger partial charge in [-0.2, -0.15) is 0 Å². The molecule has 0 saturated heterocycles. The van der Waals surface area contributed by atoms with E-state index >= 15 is 0 Å². The van der Waals surface area contributed by atoms with Crippen LogP contribution in [0.1, 0.15) is 13.3 Å². The number of amides is 1. The van der Waals surface area contributed by atoms with Gasteiger partial charge in [0.1, 0.15) is 5.75 Å². The molecule has 4 aromatic carbocycles. The molecule has 0 aliphatic carbocycles. The summed E-state index contributed by atoms with van der Waals surface area (Å²) in [6.45, 7) is 1.84.